The van der Waals surface area contributed by atoms with E-state index in [0.29, 0.717) is 36.2 Å². The third kappa shape index (κ3) is 6.22. The van der Waals surface area contributed by atoms with Crippen LogP contribution < -0.4 is 10.2 Å². The number of nitrogens with one attached hydrogen (secondary N) is 1. The highest BCUT2D eigenvalue weighted by molar-refractivity contribution is 7.93. The molecule has 0 aliphatic carbocycles. The molecule has 2 heterocycles. The van der Waals surface area contributed by atoms with Crippen molar-refractivity contribution < 1.29 is 22.3 Å². The molecule has 1 aromatic heterocycles. The second kappa shape index (κ2) is 9.71. The van der Waals surface area contributed by atoms with Crippen molar-refractivity contribution in [1.29, 1.82) is 0 Å². The SMILES string of the molecule is C[C@H](/C=C/S(C)(=O)=O)NC(=O)c1cnc(N2CCOC[C@@H]2c2ccc(F)cc2Cl)cn1. The van der Waals surface area contributed by atoms with Crippen molar-refractivity contribution in [2.45, 2.75) is 19.0 Å². The van der Waals surface area contributed by atoms with E-state index in [0.717, 1.165) is 11.7 Å². The Bertz CT molecular complexity index is 1080. The second-order valence-electron chi connectivity index (χ2n) is 7.13. The Labute approximate surface area is 185 Å². The van der Waals surface area contributed by atoms with Gasteiger partial charge in [-0.2, -0.15) is 0 Å². The van der Waals surface area contributed by atoms with Gasteiger partial charge < -0.3 is 15.0 Å². The van der Waals surface area contributed by atoms with Crippen molar-refractivity contribution in [3.8, 4) is 0 Å². The number of carbonyl (C=O) groups is 1. The summed E-state index contributed by atoms with van der Waals surface area (Å²) in [5.74, 6) is -0.382. The van der Waals surface area contributed by atoms with Gasteiger partial charge in [-0.05, 0) is 24.6 Å². The lowest BCUT2D eigenvalue weighted by Crippen LogP contribution is -2.40. The Morgan fingerprint density at radius 2 is 2.16 bits per heavy atom. The molecule has 1 fully saturated rings. The van der Waals surface area contributed by atoms with Gasteiger partial charge in [0.15, 0.2) is 9.84 Å². The molecule has 0 unspecified atom stereocenters. The lowest BCUT2D eigenvalue weighted by Gasteiger charge is -2.37. The van der Waals surface area contributed by atoms with Gasteiger partial charge in [-0.25, -0.2) is 22.8 Å². The topological polar surface area (TPSA) is 101 Å². The molecular formula is C20H22ClFN4O4S. The molecule has 31 heavy (non-hydrogen) atoms. The van der Waals surface area contributed by atoms with Gasteiger partial charge in [-0.3, -0.25) is 4.79 Å². The molecule has 2 atom stereocenters. The van der Waals surface area contributed by atoms with E-state index in [1.807, 2.05) is 4.90 Å². The van der Waals surface area contributed by atoms with Crippen molar-refractivity contribution >= 4 is 33.2 Å². The summed E-state index contributed by atoms with van der Waals surface area (Å²) in [4.78, 5) is 22.8. The third-order valence-corrected chi connectivity index (χ3v) is 5.57. The molecule has 0 bridgehead atoms. The highest BCUT2D eigenvalue weighted by atomic mass is 35.5. The average molecular weight is 469 g/mol. The summed E-state index contributed by atoms with van der Waals surface area (Å²) in [7, 11) is -3.28. The number of hydrogen-bond acceptors (Lipinski definition) is 7. The van der Waals surface area contributed by atoms with Crippen LogP contribution in [0.15, 0.2) is 42.1 Å². The van der Waals surface area contributed by atoms with Crippen LogP contribution in [0.4, 0.5) is 10.2 Å². The zero-order valence-electron chi connectivity index (χ0n) is 17.0. The summed E-state index contributed by atoms with van der Waals surface area (Å²) in [6, 6.07) is 3.42. The number of hydrogen-bond donors (Lipinski definition) is 1. The molecule has 166 valence electrons. The van der Waals surface area contributed by atoms with Crippen LogP contribution in [0.1, 0.15) is 29.0 Å². The molecular weight excluding hydrogens is 447 g/mol. The number of amides is 1. The Hall–Kier alpha value is -2.56. The van der Waals surface area contributed by atoms with Gasteiger partial charge in [0, 0.05) is 29.3 Å². The number of rotatable bonds is 6. The maximum atomic E-state index is 13.4. The summed E-state index contributed by atoms with van der Waals surface area (Å²) in [5, 5.41) is 3.96. The number of sulfone groups is 1. The van der Waals surface area contributed by atoms with Crippen molar-refractivity contribution in [3.63, 3.8) is 0 Å². The predicted molar refractivity (Wildman–Crippen MR) is 115 cm³/mol. The van der Waals surface area contributed by atoms with Gasteiger partial charge in [-0.15, -0.1) is 0 Å². The van der Waals surface area contributed by atoms with E-state index in [1.165, 1.54) is 30.6 Å². The summed E-state index contributed by atoms with van der Waals surface area (Å²) in [6.07, 6.45) is 5.26. The van der Waals surface area contributed by atoms with Crippen LogP contribution in [-0.4, -0.2) is 56.3 Å². The van der Waals surface area contributed by atoms with E-state index in [9.17, 15) is 17.6 Å². The molecule has 1 aliphatic heterocycles. The van der Waals surface area contributed by atoms with Gasteiger partial charge in [0.05, 0.1) is 31.6 Å². The lowest BCUT2D eigenvalue weighted by atomic mass is 10.0. The number of nitrogens with zero attached hydrogens (tertiary/aromatic N) is 3. The van der Waals surface area contributed by atoms with Crippen molar-refractivity contribution in [2.24, 2.45) is 0 Å². The van der Waals surface area contributed by atoms with Gasteiger partial charge in [-0.1, -0.05) is 23.7 Å². The molecule has 0 saturated carbocycles. The third-order valence-electron chi connectivity index (χ3n) is 4.59. The minimum Gasteiger partial charge on any atom is -0.377 e. The Balaban J connectivity index is 1.74. The summed E-state index contributed by atoms with van der Waals surface area (Å²) >= 11 is 6.23. The van der Waals surface area contributed by atoms with E-state index >= 15 is 0 Å². The van der Waals surface area contributed by atoms with Gasteiger partial charge >= 0.3 is 0 Å². The molecule has 1 N–H and O–H groups in total. The monoisotopic (exact) mass is 468 g/mol. The molecule has 8 nitrogen and oxygen atoms in total. The Morgan fingerprint density at radius 1 is 1.39 bits per heavy atom. The number of ether oxygens (including phenoxy) is 1. The highest BCUT2D eigenvalue weighted by Crippen LogP contribution is 2.32. The van der Waals surface area contributed by atoms with Crippen LogP contribution in [0, 0.1) is 5.82 Å². The number of benzene rings is 1. The van der Waals surface area contributed by atoms with Gasteiger partial charge in [0.1, 0.15) is 17.3 Å². The van der Waals surface area contributed by atoms with Crippen LogP contribution >= 0.6 is 11.6 Å². The van der Waals surface area contributed by atoms with E-state index < -0.39 is 27.6 Å². The summed E-state index contributed by atoms with van der Waals surface area (Å²) < 4.78 is 41.4. The van der Waals surface area contributed by atoms with E-state index in [2.05, 4.69) is 15.3 Å². The van der Waals surface area contributed by atoms with Crippen LogP contribution in [0.5, 0.6) is 0 Å². The normalized spacial score (nSPS) is 18.2. The molecule has 1 amide bonds. The molecule has 11 heteroatoms. The fourth-order valence-corrected chi connectivity index (χ4v) is 3.90. The fraction of sp³-hybridized carbons (Fsp3) is 0.350. The second-order valence-corrected chi connectivity index (χ2v) is 9.47. The summed E-state index contributed by atoms with van der Waals surface area (Å²) in [6.45, 7) is 2.99. The Kier molecular flexibility index (Phi) is 7.24. The molecule has 1 saturated heterocycles. The van der Waals surface area contributed by atoms with Crippen LogP contribution in [0.3, 0.4) is 0 Å². The van der Waals surface area contributed by atoms with Crippen molar-refractivity contribution in [2.75, 3.05) is 30.9 Å². The molecule has 2 aromatic rings. The highest BCUT2D eigenvalue weighted by Gasteiger charge is 2.28. The number of halogens is 2. The summed E-state index contributed by atoms with van der Waals surface area (Å²) in [5.41, 5.74) is 0.797. The van der Waals surface area contributed by atoms with E-state index in [4.69, 9.17) is 16.3 Å². The standard InChI is InChI=1S/C20H22ClFN4O4S/c1-13(5-8-31(2,28)29)25-20(27)17-10-24-19(11-23-17)26-6-7-30-12-18(26)15-4-3-14(22)9-16(15)21/h3-5,8-11,13,18H,6-7,12H2,1-2H3,(H,25,27)/b8-5+/t13-,18-/m1/s1. The largest absolute Gasteiger partial charge is 0.377 e. The van der Waals surface area contributed by atoms with Crippen molar-refractivity contribution in [3.05, 3.63) is 64.2 Å². The average Bonchev–Trinajstić information content (AvgIpc) is 2.72. The first-order chi connectivity index (χ1) is 14.6. The van der Waals surface area contributed by atoms with Crippen LogP contribution in [0.25, 0.3) is 0 Å². The first-order valence-electron chi connectivity index (χ1n) is 9.44. The molecule has 1 aromatic carbocycles. The maximum absolute atomic E-state index is 13.4. The molecule has 0 radical (unpaired) electrons. The van der Waals surface area contributed by atoms with Crippen LogP contribution in [-0.2, 0) is 14.6 Å². The van der Waals surface area contributed by atoms with Crippen molar-refractivity contribution in [1.82, 2.24) is 15.3 Å². The van der Waals surface area contributed by atoms with E-state index in [1.54, 1.807) is 13.0 Å². The minimum atomic E-state index is -3.28. The lowest BCUT2D eigenvalue weighted by molar-refractivity contribution is 0.0930. The van der Waals surface area contributed by atoms with E-state index in [-0.39, 0.29) is 11.7 Å². The number of anilines is 1. The number of morpholine rings is 1. The van der Waals surface area contributed by atoms with Gasteiger partial charge in [0.2, 0.25) is 0 Å². The minimum absolute atomic E-state index is 0.0907. The molecule has 3 rings (SSSR count). The predicted octanol–water partition coefficient (Wildman–Crippen LogP) is 2.52. The zero-order valence-corrected chi connectivity index (χ0v) is 18.5. The smallest absolute Gasteiger partial charge is 0.271 e. The molecule has 0 spiro atoms. The fourth-order valence-electron chi connectivity index (χ4n) is 3.08. The zero-order chi connectivity index (χ0) is 22.6. The number of aromatic nitrogens is 2. The van der Waals surface area contributed by atoms with Crippen LogP contribution in [0.2, 0.25) is 5.02 Å². The van der Waals surface area contributed by atoms with Gasteiger partial charge in [0.25, 0.3) is 5.91 Å². The Morgan fingerprint density at radius 3 is 2.81 bits per heavy atom. The first kappa shape index (κ1) is 23.1. The maximum Gasteiger partial charge on any atom is 0.271 e. The number of carbonyl (C=O) groups excluding carboxylic acids is 1. The first-order valence-corrected chi connectivity index (χ1v) is 11.8. The molecule has 1 aliphatic rings. The quantitative estimate of drug-likeness (QED) is 0.695.